The minimum absolute atomic E-state index is 0.103. The lowest BCUT2D eigenvalue weighted by molar-refractivity contribution is 0.0744. The Kier molecular flexibility index (Phi) is 3.80. The first-order valence-corrected chi connectivity index (χ1v) is 5.89. The van der Waals surface area contributed by atoms with Gasteiger partial charge in [0.1, 0.15) is 11.9 Å². The predicted molar refractivity (Wildman–Crippen MR) is 64.6 cm³/mol. The van der Waals surface area contributed by atoms with Crippen LogP contribution in [0.15, 0.2) is 24.4 Å². The van der Waals surface area contributed by atoms with E-state index in [-0.39, 0.29) is 12.1 Å². The van der Waals surface area contributed by atoms with Gasteiger partial charge in [0.05, 0.1) is 6.04 Å². The Bertz CT molecular complexity index is 369. The molecule has 17 heavy (non-hydrogen) atoms. The van der Waals surface area contributed by atoms with Crippen LogP contribution in [0.1, 0.15) is 25.7 Å². The quantitative estimate of drug-likeness (QED) is 0.838. The smallest absolute Gasteiger partial charge is 0.404 e. The molecule has 0 radical (unpaired) electrons. The second-order valence-corrected chi connectivity index (χ2v) is 4.23. The molecule has 1 aliphatic carbocycles. The van der Waals surface area contributed by atoms with Gasteiger partial charge < -0.3 is 15.8 Å². The molecule has 0 spiro atoms. The molecule has 92 valence electrons. The molecule has 1 saturated carbocycles. The van der Waals surface area contributed by atoms with Crippen LogP contribution in [0.3, 0.4) is 0 Å². The molecule has 0 aromatic carbocycles. The Hall–Kier alpha value is -1.78. The molecule has 0 bridgehead atoms. The van der Waals surface area contributed by atoms with Crippen molar-refractivity contribution < 1.29 is 9.53 Å². The summed E-state index contributed by atoms with van der Waals surface area (Å²) >= 11 is 0. The van der Waals surface area contributed by atoms with Crippen LogP contribution in [0.2, 0.25) is 0 Å². The van der Waals surface area contributed by atoms with Crippen LogP contribution in [0.5, 0.6) is 0 Å². The van der Waals surface area contributed by atoms with E-state index in [0.29, 0.717) is 0 Å². The van der Waals surface area contributed by atoms with Gasteiger partial charge in [-0.3, -0.25) is 0 Å². The van der Waals surface area contributed by atoms with E-state index in [2.05, 4.69) is 10.3 Å². The number of nitrogens with one attached hydrogen (secondary N) is 1. The number of pyridine rings is 1. The normalized spacial score (nSPS) is 24.0. The third-order valence-electron chi connectivity index (χ3n) is 2.97. The molecule has 2 atom stereocenters. The number of aromatic nitrogens is 1. The predicted octanol–water partition coefficient (Wildman–Crippen LogP) is 1.90. The fourth-order valence-electron chi connectivity index (χ4n) is 2.19. The molecule has 2 rings (SSSR count). The first-order chi connectivity index (χ1) is 8.25. The number of carbonyl (C=O) groups is 1. The van der Waals surface area contributed by atoms with Gasteiger partial charge in [-0.05, 0) is 31.4 Å². The van der Waals surface area contributed by atoms with Gasteiger partial charge in [0.25, 0.3) is 0 Å². The molecule has 0 unspecified atom stereocenters. The number of primary amides is 1. The Morgan fingerprint density at radius 1 is 1.41 bits per heavy atom. The summed E-state index contributed by atoms with van der Waals surface area (Å²) in [6.07, 6.45) is 4.89. The summed E-state index contributed by atoms with van der Waals surface area (Å²) in [7, 11) is 0. The molecule has 1 amide bonds. The van der Waals surface area contributed by atoms with Crippen LogP contribution >= 0.6 is 0 Å². The molecule has 3 N–H and O–H groups in total. The molecule has 1 heterocycles. The highest BCUT2D eigenvalue weighted by molar-refractivity contribution is 5.65. The van der Waals surface area contributed by atoms with E-state index >= 15 is 0 Å². The Labute approximate surface area is 100 Å². The van der Waals surface area contributed by atoms with Crippen molar-refractivity contribution in [1.82, 2.24) is 4.98 Å². The van der Waals surface area contributed by atoms with Gasteiger partial charge >= 0.3 is 6.09 Å². The van der Waals surface area contributed by atoms with Crippen LogP contribution in [0.25, 0.3) is 0 Å². The van der Waals surface area contributed by atoms with Crippen LogP contribution in [-0.4, -0.2) is 23.2 Å². The highest BCUT2D eigenvalue weighted by Gasteiger charge is 2.27. The van der Waals surface area contributed by atoms with Crippen molar-refractivity contribution in [1.29, 1.82) is 0 Å². The molecule has 1 aromatic heterocycles. The minimum atomic E-state index is -0.704. The topological polar surface area (TPSA) is 77.2 Å². The van der Waals surface area contributed by atoms with E-state index in [1.54, 1.807) is 6.20 Å². The van der Waals surface area contributed by atoms with E-state index in [9.17, 15) is 4.79 Å². The highest BCUT2D eigenvalue weighted by atomic mass is 16.6. The van der Waals surface area contributed by atoms with Crippen LogP contribution < -0.4 is 11.1 Å². The molecule has 5 nitrogen and oxygen atoms in total. The van der Waals surface area contributed by atoms with E-state index in [4.69, 9.17) is 10.5 Å². The lowest BCUT2D eigenvalue weighted by Crippen LogP contribution is -2.41. The maximum absolute atomic E-state index is 10.8. The third kappa shape index (κ3) is 3.34. The van der Waals surface area contributed by atoms with Gasteiger partial charge in [-0.15, -0.1) is 0 Å². The van der Waals surface area contributed by atoms with E-state index < -0.39 is 6.09 Å². The summed E-state index contributed by atoms with van der Waals surface area (Å²) < 4.78 is 5.12. The molecular formula is C12H17N3O2. The Balaban J connectivity index is 1.99. The van der Waals surface area contributed by atoms with Crippen molar-refractivity contribution in [3.05, 3.63) is 24.4 Å². The molecule has 0 saturated heterocycles. The number of amides is 1. The second kappa shape index (κ2) is 5.52. The number of nitrogens with zero attached hydrogens (tertiary/aromatic N) is 1. The van der Waals surface area contributed by atoms with Gasteiger partial charge in [-0.25, -0.2) is 9.78 Å². The van der Waals surface area contributed by atoms with Gasteiger partial charge in [0.2, 0.25) is 0 Å². The average molecular weight is 235 g/mol. The summed E-state index contributed by atoms with van der Waals surface area (Å²) in [5.74, 6) is 0.803. The zero-order chi connectivity index (χ0) is 12.1. The largest absolute Gasteiger partial charge is 0.444 e. The van der Waals surface area contributed by atoms with Crippen molar-refractivity contribution in [2.24, 2.45) is 5.73 Å². The number of ether oxygens (including phenoxy) is 1. The summed E-state index contributed by atoms with van der Waals surface area (Å²) in [5.41, 5.74) is 5.07. The first-order valence-electron chi connectivity index (χ1n) is 5.89. The summed E-state index contributed by atoms with van der Waals surface area (Å²) in [6.45, 7) is 0. The highest BCUT2D eigenvalue weighted by Crippen LogP contribution is 2.23. The molecule has 1 aromatic rings. The number of carbonyl (C=O) groups excluding carboxylic acids is 1. The van der Waals surface area contributed by atoms with Crippen LogP contribution in [0.4, 0.5) is 10.6 Å². The summed E-state index contributed by atoms with van der Waals surface area (Å²) in [5, 5.41) is 3.29. The van der Waals surface area contributed by atoms with Crippen molar-refractivity contribution in [3.63, 3.8) is 0 Å². The van der Waals surface area contributed by atoms with E-state index in [1.165, 1.54) is 0 Å². The summed E-state index contributed by atoms with van der Waals surface area (Å²) in [4.78, 5) is 15.0. The van der Waals surface area contributed by atoms with E-state index in [1.807, 2.05) is 18.2 Å². The Morgan fingerprint density at radius 3 is 2.94 bits per heavy atom. The van der Waals surface area contributed by atoms with Crippen molar-refractivity contribution in [2.45, 2.75) is 37.8 Å². The molecule has 1 fully saturated rings. The standard InChI is InChI=1S/C12H17N3O2/c13-12(16)17-10-6-2-1-5-9(10)15-11-7-3-4-8-14-11/h3-4,7-10H,1-2,5-6H2,(H2,13,16)(H,14,15)/t9-,10-/m1/s1. The number of hydrogen-bond acceptors (Lipinski definition) is 4. The number of nitrogens with two attached hydrogens (primary N) is 1. The van der Waals surface area contributed by atoms with Crippen LogP contribution in [-0.2, 0) is 4.74 Å². The second-order valence-electron chi connectivity index (χ2n) is 4.23. The number of anilines is 1. The van der Waals surface area contributed by atoms with Crippen molar-refractivity contribution in [3.8, 4) is 0 Å². The molecule has 0 aliphatic heterocycles. The third-order valence-corrected chi connectivity index (χ3v) is 2.97. The van der Waals surface area contributed by atoms with Crippen LogP contribution in [0, 0.1) is 0 Å². The first kappa shape index (κ1) is 11.7. The molecule has 1 aliphatic rings. The lowest BCUT2D eigenvalue weighted by Gasteiger charge is -2.31. The molecule has 5 heteroatoms. The average Bonchev–Trinajstić information content (AvgIpc) is 2.32. The van der Waals surface area contributed by atoms with Gasteiger partial charge in [-0.1, -0.05) is 12.5 Å². The summed E-state index contributed by atoms with van der Waals surface area (Å²) in [6, 6.07) is 5.78. The van der Waals surface area contributed by atoms with E-state index in [0.717, 1.165) is 31.5 Å². The minimum Gasteiger partial charge on any atom is -0.444 e. The SMILES string of the molecule is NC(=O)O[C@@H]1CCCC[C@H]1Nc1ccccn1. The molecular weight excluding hydrogens is 218 g/mol. The monoisotopic (exact) mass is 235 g/mol. The Morgan fingerprint density at radius 2 is 2.24 bits per heavy atom. The fourth-order valence-corrected chi connectivity index (χ4v) is 2.19. The van der Waals surface area contributed by atoms with Gasteiger partial charge in [0.15, 0.2) is 0 Å². The van der Waals surface area contributed by atoms with Gasteiger partial charge in [-0.2, -0.15) is 0 Å². The zero-order valence-electron chi connectivity index (χ0n) is 9.63. The lowest BCUT2D eigenvalue weighted by atomic mass is 9.92. The van der Waals surface area contributed by atoms with Crippen molar-refractivity contribution in [2.75, 3.05) is 5.32 Å². The number of rotatable bonds is 3. The maximum Gasteiger partial charge on any atom is 0.404 e. The fraction of sp³-hybridized carbons (Fsp3) is 0.500. The van der Waals surface area contributed by atoms with Crippen molar-refractivity contribution >= 4 is 11.9 Å². The maximum atomic E-state index is 10.8. The number of hydrogen-bond donors (Lipinski definition) is 2. The van der Waals surface area contributed by atoms with Gasteiger partial charge in [0, 0.05) is 6.20 Å². The zero-order valence-corrected chi connectivity index (χ0v) is 9.63.